The summed E-state index contributed by atoms with van der Waals surface area (Å²) in [4.78, 5) is 24.8. The Morgan fingerprint density at radius 2 is 2.09 bits per heavy atom. The highest BCUT2D eigenvalue weighted by Gasteiger charge is 2.31. The number of carbonyl (C=O) groups is 2. The second-order valence-electron chi connectivity index (χ2n) is 5.44. The molecule has 22 heavy (non-hydrogen) atoms. The molecule has 1 aromatic carbocycles. The molecule has 1 amide bonds. The molecule has 0 radical (unpaired) electrons. The van der Waals surface area contributed by atoms with E-state index in [0.717, 1.165) is 5.56 Å². The summed E-state index contributed by atoms with van der Waals surface area (Å²) < 4.78 is 10.9. The molecule has 2 aliphatic rings. The molecule has 1 aromatic rings. The predicted octanol–water partition coefficient (Wildman–Crippen LogP) is 1.59. The average molecular weight is 326 g/mol. The third-order valence-electron chi connectivity index (χ3n) is 3.90. The first-order chi connectivity index (χ1) is 10.5. The SMILES string of the molecule is O=C(O)[C@H]1CCN(C(=O)Cc2cc(Cl)c3c(c2)OCCO3)C1. The molecule has 0 unspecified atom stereocenters. The summed E-state index contributed by atoms with van der Waals surface area (Å²) in [5.41, 5.74) is 0.734. The van der Waals surface area contributed by atoms with Gasteiger partial charge in [-0.15, -0.1) is 0 Å². The number of carboxylic acids is 1. The number of hydrogen-bond donors (Lipinski definition) is 1. The van der Waals surface area contributed by atoms with Crippen LogP contribution in [-0.4, -0.2) is 48.2 Å². The number of carboxylic acid groups (broad SMARTS) is 1. The van der Waals surface area contributed by atoms with Crippen LogP contribution in [0, 0.1) is 5.92 Å². The molecule has 0 aromatic heterocycles. The van der Waals surface area contributed by atoms with Crippen LogP contribution in [0.3, 0.4) is 0 Å². The van der Waals surface area contributed by atoms with E-state index in [1.807, 2.05) is 0 Å². The number of amides is 1. The van der Waals surface area contributed by atoms with Crippen molar-refractivity contribution in [3.63, 3.8) is 0 Å². The molecule has 7 heteroatoms. The number of benzene rings is 1. The van der Waals surface area contributed by atoms with Gasteiger partial charge in [-0.1, -0.05) is 11.6 Å². The third-order valence-corrected chi connectivity index (χ3v) is 4.18. The van der Waals surface area contributed by atoms with Crippen LogP contribution in [0.2, 0.25) is 5.02 Å². The van der Waals surface area contributed by atoms with Gasteiger partial charge in [0.05, 0.1) is 17.4 Å². The lowest BCUT2D eigenvalue weighted by Gasteiger charge is -2.21. The van der Waals surface area contributed by atoms with Crippen LogP contribution in [0.15, 0.2) is 12.1 Å². The number of carbonyl (C=O) groups excluding carboxylic acids is 1. The molecule has 2 heterocycles. The molecule has 1 atom stereocenters. The van der Waals surface area contributed by atoms with E-state index in [1.54, 1.807) is 17.0 Å². The number of nitrogens with zero attached hydrogens (tertiary/aromatic N) is 1. The van der Waals surface area contributed by atoms with Crippen molar-refractivity contribution in [3.05, 3.63) is 22.7 Å². The molecular formula is C15H16ClNO5. The zero-order chi connectivity index (χ0) is 15.7. The van der Waals surface area contributed by atoms with Crippen LogP contribution >= 0.6 is 11.6 Å². The fourth-order valence-electron chi connectivity index (χ4n) is 2.74. The van der Waals surface area contributed by atoms with Gasteiger partial charge in [0, 0.05) is 13.1 Å². The molecule has 1 saturated heterocycles. The summed E-state index contributed by atoms with van der Waals surface area (Å²) >= 11 is 6.15. The second-order valence-corrected chi connectivity index (χ2v) is 5.85. The van der Waals surface area contributed by atoms with Gasteiger partial charge in [0.2, 0.25) is 5.91 Å². The number of hydrogen-bond acceptors (Lipinski definition) is 4. The molecule has 0 saturated carbocycles. The Kier molecular flexibility index (Phi) is 4.11. The summed E-state index contributed by atoms with van der Waals surface area (Å²) in [6.45, 7) is 1.66. The highest BCUT2D eigenvalue weighted by atomic mass is 35.5. The zero-order valence-corrected chi connectivity index (χ0v) is 12.6. The van der Waals surface area contributed by atoms with Gasteiger partial charge in [-0.3, -0.25) is 9.59 Å². The molecule has 6 nitrogen and oxygen atoms in total. The van der Waals surface area contributed by atoms with Crippen molar-refractivity contribution in [2.24, 2.45) is 5.92 Å². The van der Waals surface area contributed by atoms with Crippen molar-refractivity contribution in [1.29, 1.82) is 0 Å². The normalized spacial score (nSPS) is 20.0. The Balaban J connectivity index is 1.70. The molecule has 2 aliphatic heterocycles. The lowest BCUT2D eigenvalue weighted by Crippen LogP contribution is -2.31. The van der Waals surface area contributed by atoms with Gasteiger partial charge in [-0.25, -0.2) is 0 Å². The standard InChI is InChI=1S/C15H16ClNO5/c16-11-5-9(6-12-14(11)22-4-3-21-12)7-13(18)17-2-1-10(8-17)15(19)20/h5-6,10H,1-4,7-8H2,(H,19,20)/t10-/m0/s1. The largest absolute Gasteiger partial charge is 0.486 e. The highest BCUT2D eigenvalue weighted by Crippen LogP contribution is 2.38. The van der Waals surface area contributed by atoms with Crippen LogP contribution < -0.4 is 9.47 Å². The van der Waals surface area contributed by atoms with Crippen molar-refractivity contribution >= 4 is 23.5 Å². The van der Waals surface area contributed by atoms with Crippen LogP contribution in [0.25, 0.3) is 0 Å². The maximum Gasteiger partial charge on any atom is 0.308 e. The van der Waals surface area contributed by atoms with Gasteiger partial charge in [0.25, 0.3) is 0 Å². The number of likely N-dealkylation sites (tertiary alicyclic amines) is 1. The van der Waals surface area contributed by atoms with E-state index in [2.05, 4.69) is 0 Å². The summed E-state index contributed by atoms with van der Waals surface area (Å²) in [6.07, 6.45) is 0.672. The molecule has 0 spiro atoms. The number of rotatable bonds is 3. The maximum atomic E-state index is 12.3. The third kappa shape index (κ3) is 2.97. The number of fused-ring (bicyclic) bond motifs is 1. The Morgan fingerprint density at radius 1 is 1.32 bits per heavy atom. The van der Waals surface area contributed by atoms with E-state index in [0.29, 0.717) is 42.7 Å². The number of ether oxygens (including phenoxy) is 2. The first-order valence-corrected chi connectivity index (χ1v) is 7.51. The van der Waals surface area contributed by atoms with Gasteiger partial charge in [0.1, 0.15) is 13.2 Å². The van der Waals surface area contributed by atoms with Crippen LogP contribution in [0.5, 0.6) is 11.5 Å². The first kappa shape index (κ1) is 15.0. The Bertz CT molecular complexity index is 618. The minimum Gasteiger partial charge on any atom is -0.486 e. The quantitative estimate of drug-likeness (QED) is 0.913. The Morgan fingerprint density at radius 3 is 2.82 bits per heavy atom. The molecular weight excluding hydrogens is 310 g/mol. The topological polar surface area (TPSA) is 76.1 Å². The first-order valence-electron chi connectivity index (χ1n) is 7.13. The van der Waals surface area contributed by atoms with Gasteiger partial charge >= 0.3 is 5.97 Å². The van der Waals surface area contributed by atoms with E-state index in [-0.39, 0.29) is 18.9 Å². The van der Waals surface area contributed by atoms with Gasteiger partial charge < -0.3 is 19.5 Å². The van der Waals surface area contributed by atoms with E-state index in [9.17, 15) is 9.59 Å². The molecule has 1 fully saturated rings. The fraction of sp³-hybridized carbons (Fsp3) is 0.467. The summed E-state index contributed by atoms with van der Waals surface area (Å²) in [5, 5.41) is 9.41. The van der Waals surface area contributed by atoms with Crippen molar-refractivity contribution < 1.29 is 24.2 Å². The highest BCUT2D eigenvalue weighted by molar-refractivity contribution is 6.32. The lowest BCUT2D eigenvalue weighted by molar-refractivity contribution is -0.141. The molecule has 118 valence electrons. The second kappa shape index (κ2) is 6.04. The minimum atomic E-state index is -0.849. The lowest BCUT2D eigenvalue weighted by atomic mass is 10.1. The maximum absolute atomic E-state index is 12.3. The van der Waals surface area contributed by atoms with E-state index in [4.69, 9.17) is 26.2 Å². The Labute approximate surface area is 132 Å². The van der Waals surface area contributed by atoms with Crippen molar-refractivity contribution in [2.75, 3.05) is 26.3 Å². The minimum absolute atomic E-state index is 0.100. The van der Waals surface area contributed by atoms with Crippen molar-refractivity contribution in [3.8, 4) is 11.5 Å². The van der Waals surface area contributed by atoms with Crippen LogP contribution in [0.1, 0.15) is 12.0 Å². The number of aliphatic carboxylic acids is 1. The van der Waals surface area contributed by atoms with Crippen LogP contribution in [-0.2, 0) is 16.0 Å². The van der Waals surface area contributed by atoms with Crippen LogP contribution in [0.4, 0.5) is 0 Å². The molecule has 0 aliphatic carbocycles. The van der Waals surface area contributed by atoms with E-state index in [1.165, 1.54) is 0 Å². The molecule has 3 rings (SSSR count). The fourth-order valence-corrected chi connectivity index (χ4v) is 3.03. The van der Waals surface area contributed by atoms with E-state index >= 15 is 0 Å². The van der Waals surface area contributed by atoms with Crippen molar-refractivity contribution in [2.45, 2.75) is 12.8 Å². The van der Waals surface area contributed by atoms with E-state index < -0.39 is 11.9 Å². The zero-order valence-electron chi connectivity index (χ0n) is 11.9. The summed E-state index contributed by atoms with van der Waals surface area (Å²) in [7, 11) is 0. The molecule has 0 bridgehead atoms. The van der Waals surface area contributed by atoms with Crippen molar-refractivity contribution in [1.82, 2.24) is 4.90 Å². The summed E-state index contributed by atoms with van der Waals surface area (Å²) in [5.74, 6) is -0.357. The van der Waals surface area contributed by atoms with Gasteiger partial charge in [-0.2, -0.15) is 0 Å². The number of halogens is 1. The monoisotopic (exact) mass is 325 g/mol. The molecule has 1 N–H and O–H groups in total. The predicted molar refractivity (Wildman–Crippen MR) is 78.5 cm³/mol. The average Bonchev–Trinajstić information content (AvgIpc) is 2.97. The Hall–Kier alpha value is -1.95. The van der Waals surface area contributed by atoms with Gasteiger partial charge in [-0.05, 0) is 24.1 Å². The smallest absolute Gasteiger partial charge is 0.308 e. The van der Waals surface area contributed by atoms with Gasteiger partial charge in [0.15, 0.2) is 11.5 Å². The summed E-state index contributed by atoms with van der Waals surface area (Å²) in [6, 6.07) is 3.45.